The molecule has 21 heavy (non-hydrogen) atoms. The standard InChI is InChI=1S/C15H16BrFO4/c1-7-3-8(9(4-7)15(19)20)14(18)10-5-11(16)12(17)6-13(10)21-2/h5-9H,3-4H2,1-2H3,(H,19,20). The van der Waals surface area contributed by atoms with Crippen molar-refractivity contribution in [3.05, 3.63) is 28.0 Å². The molecule has 0 bridgehead atoms. The number of hydrogen-bond acceptors (Lipinski definition) is 3. The van der Waals surface area contributed by atoms with Crippen molar-refractivity contribution in [1.29, 1.82) is 0 Å². The minimum atomic E-state index is -0.960. The topological polar surface area (TPSA) is 63.6 Å². The zero-order chi connectivity index (χ0) is 15.7. The van der Waals surface area contributed by atoms with Crippen molar-refractivity contribution < 1.29 is 23.8 Å². The molecule has 1 aromatic carbocycles. The van der Waals surface area contributed by atoms with Crippen molar-refractivity contribution in [3.63, 3.8) is 0 Å². The highest BCUT2D eigenvalue weighted by Gasteiger charge is 2.42. The Bertz CT molecular complexity index is 587. The largest absolute Gasteiger partial charge is 0.496 e. The highest BCUT2D eigenvalue weighted by molar-refractivity contribution is 9.10. The van der Waals surface area contributed by atoms with Gasteiger partial charge in [-0.2, -0.15) is 0 Å². The van der Waals surface area contributed by atoms with Crippen LogP contribution in [-0.2, 0) is 4.79 Å². The van der Waals surface area contributed by atoms with Crippen molar-refractivity contribution in [1.82, 2.24) is 0 Å². The summed E-state index contributed by atoms with van der Waals surface area (Å²) in [5.41, 5.74) is 0.219. The van der Waals surface area contributed by atoms with Crippen LogP contribution in [0.1, 0.15) is 30.1 Å². The first-order chi connectivity index (χ1) is 9.85. The van der Waals surface area contributed by atoms with Gasteiger partial charge in [-0.25, -0.2) is 4.39 Å². The summed E-state index contributed by atoms with van der Waals surface area (Å²) in [4.78, 5) is 24.0. The van der Waals surface area contributed by atoms with E-state index in [-0.39, 0.29) is 27.5 Å². The van der Waals surface area contributed by atoms with E-state index in [0.29, 0.717) is 12.8 Å². The molecule has 4 nitrogen and oxygen atoms in total. The molecule has 1 fully saturated rings. The zero-order valence-electron chi connectivity index (χ0n) is 11.7. The van der Waals surface area contributed by atoms with Crippen LogP contribution in [0.25, 0.3) is 0 Å². The van der Waals surface area contributed by atoms with Crippen molar-refractivity contribution >= 4 is 27.7 Å². The first kappa shape index (κ1) is 15.9. The summed E-state index contributed by atoms with van der Waals surface area (Å²) in [6.45, 7) is 1.93. The number of carbonyl (C=O) groups is 2. The van der Waals surface area contributed by atoms with E-state index in [9.17, 15) is 19.1 Å². The predicted molar refractivity (Wildman–Crippen MR) is 78.0 cm³/mol. The Balaban J connectivity index is 2.40. The smallest absolute Gasteiger partial charge is 0.307 e. The quantitative estimate of drug-likeness (QED) is 0.836. The fourth-order valence-corrected chi connectivity index (χ4v) is 3.29. The summed E-state index contributed by atoms with van der Waals surface area (Å²) < 4.78 is 18.7. The van der Waals surface area contributed by atoms with E-state index >= 15 is 0 Å². The van der Waals surface area contributed by atoms with Crippen LogP contribution in [0.15, 0.2) is 16.6 Å². The molecule has 1 aliphatic rings. The lowest BCUT2D eigenvalue weighted by molar-refractivity contribution is -0.142. The molecule has 0 radical (unpaired) electrons. The molecule has 1 N–H and O–H groups in total. The lowest BCUT2D eigenvalue weighted by atomic mass is 9.88. The van der Waals surface area contributed by atoms with E-state index in [0.717, 1.165) is 6.07 Å². The number of ketones is 1. The number of rotatable bonds is 4. The van der Waals surface area contributed by atoms with Gasteiger partial charge in [0.15, 0.2) is 5.78 Å². The van der Waals surface area contributed by atoms with Gasteiger partial charge in [0.05, 0.1) is 23.1 Å². The van der Waals surface area contributed by atoms with Crippen LogP contribution < -0.4 is 4.74 Å². The summed E-state index contributed by atoms with van der Waals surface area (Å²) in [5, 5.41) is 9.27. The minimum absolute atomic E-state index is 0.129. The number of halogens is 2. The molecule has 0 amide bonds. The zero-order valence-corrected chi connectivity index (χ0v) is 13.3. The molecule has 3 unspecified atom stereocenters. The van der Waals surface area contributed by atoms with Gasteiger partial charge in [0, 0.05) is 12.0 Å². The Morgan fingerprint density at radius 2 is 1.95 bits per heavy atom. The number of aliphatic carboxylic acids is 1. The van der Waals surface area contributed by atoms with E-state index in [2.05, 4.69) is 15.9 Å². The molecule has 6 heteroatoms. The first-order valence-corrected chi connectivity index (χ1v) is 7.44. The first-order valence-electron chi connectivity index (χ1n) is 6.65. The van der Waals surface area contributed by atoms with Crippen LogP contribution in [-0.4, -0.2) is 24.0 Å². The van der Waals surface area contributed by atoms with Crippen molar-refractivity contribution in [2.75, 3.05) is 7.11 Å². The number of methoxy groups -OCH3 is 1. The summed E-state index contributed by atoms with van der Waals surface area (Å²) in [7, 11) is 1.35. The Morgan fingerprint density at radius 3 is 2.52 bits per heavy atom. The molecular formula is C15H16BrFO4. The highest BCUT2D eigenvalue weighted by Crippen LogP contribution is 2.40. The molecule has 0 spiro atoms. The third-order valence-electron chi connectivity index (χ3n) is 3.96. The second-order valence-electron chi connectivity index (χ2n) is 5.46. The van der Waals surface area contributed by atoms with Crippen molar-refractivity contribution in [2.45, 2.75) is 19.8 Å². The lowest BCUT2D eigenvalue weighted by Gasteiger charge is -2.16. The fourth-order valence-electron chi connectivity index (χ4n) is 2.94. The molecule has 0 aliphatic heterocycles. The predicted octanol–water partition coefficient (Wildman–Crippen LogP) is 3.53. The van der Waals surface area contributed by atoms with Gasteiger partial charge in [-0.3, -0.25) is 9.59 Å². The molecular weight excluding hydrogens is 343 g/mol. The van der Waals surface area contributed by atoms with E-state index in [1.54, 1.807) is 0 Å². The van der Waals surface area contributed by atoms with Crippen LogP contribution in [0.3, 0.4) is 0 Å². The molecule has 0 saturated heterocycles. The average molecular weight is 359 g/mol. The summed E-state index contributed by atoms with van der Waals surface area (Å²) in [6.07, 6.45) is 1.00. The Hall–Kier alpha value is -1.43. The maximum atomic E-state index is 13.5. The van der Waals surface area contributed by atoms with Gasteiger partial charge in [0.25, 0.3) is 0 Å². The third kappa shape index (κ3) is 3.10. The number of hydrogen-bond donors (Lipinski definition) is 1. The lowest BCUT2D eigenvalue weighted by Crippen LogP contribution is -2.25. The number of ether oxygens (including phenoxy) is 1. The normalized spacial score (nSPS) is 24.9. The molecule has 3 atom stereocenters. The SMILES string of the molecule is COc1cc(F)c(Br)cc1C(=O)C1CC(C)CC1C(=O)O. The Labute approximate surface area is 130 Å². The average Bonchev–Trinajstić information content (AvgIpc) is 2.82. The van der Waals surface area contributed by atoms with E-state index in [1.807, 2.05) is 6.92 Å². The summed E-state index contributed by atoms with van der Waals surface area (Å²) in [6, 6.07) is 2.49. The minimum Gasteiger partial charge on any atom is -0.496 e. The van der Waals surface area contributed by atoms with Gasteiger partial charge in [0.1, 0.15) is 11.6 Å². The number of carboxylic acid groups (broad SMARTS) is 1. The van der Waals surface area contributed by atoms with Crippen LogP contribution in [0, 0.1) is 23.6 Å². The van der Waals surface area contributed by atoms with Crippen LogP contribution in [0.4, 0.5) is 4.39 Å². The van der Waals surface area contributed by atoms with Gasteiger partial charge in [-0.15, -0.1) is 0 Å². The molecule has 1 aromatic rings. The van der Waals surface area contributed by atoms with Gasteiger partial charge in [-0.1, -0.05) is 6.92 Å². The number of carbonyl (C=O) groups excluding carboxylic acids is 1. The van der Waals surface area contributed by atoms with Gasteiger partial charge in [-0.05, 0) is 40.8 Å². The van der Waals surface area contributed by atoms with E-state index in [1.165, 1.54) is 13.2 Å². The second kappa shape index (κ2) is 6.13. The maximum Gasteiger partial charge on any atom is 0.307 e. The van der Waals surface area contributed by atoms with E-state index < -0.39 is 23.6 Å². The van der Waals surface area contributed by atoms with Gasteiger partial charge >= 0.3 is 5.97 Å². The molecule has 0 heterocycles. The Kier molecular flexibility index (Phi) is 4.66. The molecule has 0 aromatic heterocycles. The number of carboxylic acids is 1. The number of Topliss-reactive ketones (excluding diaryl/α,β-unsaturated/α-hetero) is 1. The molecule has 2 rings (SSSR count). The van der Waals surface area contributed by atoms with Gasteiger partial charge in [0.2, 0.25) is 0 Å². The molecule has 1 aliphatic carbocycles. The third-order valence-corrected chi connectivity index (χ3v) is 4.57. The second-order valence-corrected chi connectivity index (χ2v) is 6.31. The maximum absolute atomic E-state index is 13.5. The van der Waals surface area contributed by atoms with Crippen LogP contribution in [0.5, 0.6) is 5.75 Å². The van der Waals surface area contributed by atoms with Crippen LogP contribution >= 0.6 is 15.9 Å². The highest BCUT2D eigenvalue weighted by atomic mass is 79.9. The summed E-state index contributed by atoms with van der Waals surface area (Å²) >= 11 is 3.04. The van der Waals surface area contributed by atoms with Crippen LogP contribution in [0.2, 0.25) is 0 Å². The Morgan fingerprint density at radius 1 is 1.33 bits per heavy atom. The van der Waals surface area contributed by atoms with Gasteiger partial charge < -0.3 is 9.84 Å². The molecule has 114 valence electrons. The summed E-state index contributed by atoms with van der Waals surface area (Å²) in [5.74, 6) is -2.77. The van der Waals surface area contributed by atoms with Crippen molar-refractivity contribution in [3.8, 4) is 5.75 Å². The van der Waals surface area contributed by atoms with E-state index in [4.69, 9.17) is 4.74 Å². The number of benzene rings is 1. The van der Waals surface area contributed by atoms with Crippen molar-refractivity contribution in [2.24, 2.45) is 17.8 Å². The molecule has 1 saturated carbocycles. The fraction of sp³-hybridized carbons (Fsp3) is 0.467. The monoisotopic (exact) mass is 358 g/mol.